The molecule has 1 aliphatic heterocycles. The smallest absolute Gasteiger partial charge is 0.330 e. The van der Waals surface area contributed by atoms with Crippen LogP contribution in [0.3, 0.4) is 0 Å². The molecule has 1 heterocycles. The Bertz CT molecular complexity index is 766. The van der Waals surface area contributed by atoms with Gasteiger partial charge < -0.3 is 5.11 Å². The molecule has 24 heavy (non-hydrogen) atoms. The number of carbonyl (C=O) groups excluding carboxylic acids is 1. The zero-order chi connectivity index (χ0) is 17.4. The summed E-state index contributed by atoms with van der Waals surface area (Å²) in [5, 5.41) is 14.3. The number of rotatable bonds is 2. The molecule has 0 saturated carbocycles. The van der Waals surface area contributed by atoms with E-state index in [1.165, 1.54) is 4.90 Å². The molecule has 0 radical (unpaired) electrons. The number of carbonyl (C=O) groups is 1. The van der Waals surface area contributed by atoms with E-state index in [0.717, 1.165) is 0 Å². The third-order valence-electron chi connectivity index (χ3n) is 3.72. The molecule has 5 nitrogen and oxygen atoms in total. The van der Waals surface area contributed by atoms with Gasteiger partial charge in [0.15, 0.2) is 5.84 Å². The summed E-state index contributed by atoms with van der Waals surface area (Å²) in [5.41, 5.74) is -0.943. The largest absolute Gasteiger partial charge is 0.360 e. The fourth-order valence-corrected chi connectivity index (χ4v) is 2.76. The van der Waals surface area contributed by atoms with E-state index in [-0.39, 0.29) is 5.84 Å². The number of aliphatic hydroxyl groups is 1. The van der Waals surface area contributed by atoms with Crippen LogP contribution >= 0.6 is 0 Å². The highest BCUT2D eigenvalue weighted by Crippen LogP contribution is 2.36. The van der Waals surface area contributed by atoms with Crippen LogP contribution in [0.15, 0.2) is 65.7 Å². The van der Waals surface area contributed by atoms with Crippen LogP contribution < -0.4 is 10.2 Å². The Morgan fingerprint density at radius 3 is 2.08 bits per heavy atom. The molecule has 1 unspecified atom stereocenters. The predicted octanol–water partition coefficient (Wildman–Crippen LogP) is 3.26. The minimum absolute atomic E-state index is 0.232. The predicted molar refractivity (Wildman–Crippen MR) is 95.0 cm³/mol. The molecule has 1 aliphatic rings. The number of amidine groups is 1. The van der Waals surface area contributed by atoms with Gasteiger partial charge in [-0.15, -0.1) is 0 Å². The summed E-state index contributed by atoms with van der Waals surface area (Å²) < 4.78 is 0. The molecule has 2 N–H and O–H groups in total. The Morgan fingerprint density at radius 1 is 1.00 bits per heavy atom. The molecule has 3 rings (SSSR count). The molecule has 2 aromatic rings. The molecule has 1 atom stereocenters. The normalized spacial score (nSPS) is 22.8. The number of urea groups is 1. The topological polar surface area (TPSA) is 64.9 Å². The molecule has 0 aliphatic carbocycles. The molecule has 0 aromatic heterocycles. The molecule has 2 aromatic carbocycles. The van der Waals surface area contributed by atoms with Crippen LogP contribution in [0.4, 0.5) is 10.5 Å². The summed E-state index contributed by atoms with van der Waals surface area (Å²) in [6.45, 7) is 5.76. The van der Waals surface area contributed by atoms with E-state index in [0.29, 0.717) is 11.3 Å². The fourth-order valence-electron chi connectivity index (χ4n) is 2.76. The molecular formula is C19H21N3O2. The second-order valence-electron chi connectivity index (χ2n) is 6.77. The Morgan fingerprint density at radius 2 is 1.54 bits per heavy atom. The number of benzene rings is 2. The standard InChI is InChI=1S/C19H21N3O2/c1-18(2,3)21-16-19(24,14-10-6-4-7-11-14)22(17(23)20-16)15-12-8-5-9-13-15/h4-13,24H,1-3H3,(H,20,21,23). The first kappa shape index (κ1) is 16.2. The van der Waals surface area contributed by atoms with Gasteiger partial charge in [-0.25, -0.2) is 4.79 Å². The van der Waals surface area contributed by atoms with Gasteiger partial charge in [0.05, 0.1) is 5.54 Å². The Labute approximate surface area is 141 Å². The summed E-state index contributed by atoms with van der Waals surface area (Å²) in [6, 6.07) is 17.8. The lowest BCUT2D eigenvalue weighted by atomic mass is 9.99. The van der Waals surface area contributed by atoms with E-state index < -0.39 is 17.3 Å². The highest BCUT2D eigenvalue weighted by atomic mass is 16.3. The number of nitrogens with zero attached hydrogens (tertiary/aromatic N) is 2. The van der Waals surface area contributed by atoms with Crippen molar-refractivity contribution in [2.75, 3.05) is 4.90 Å². The zero-order valence-electron chi connectivity index (χ0n) is 14.0. The molecule has 124 valence electrons. The van der Waals surface area contributed by atoms with Crippen LogP contribution in [0, 0.1) is 0 Å². The van der Waals surface area contributed by atoms with E-state index in [2.05, 4.69) is 10.3 Å². The van der Waals surface area contributed by atoms with Crippen LogP contribution in [0.2, 0.25) is 0 Å². The van der Waals surface area contributed by atoms with Crippen LogP contribution in [-0.2, 0) is 5.72 Å². The summed E-state index contributed by atoms with van der Waals surface area (Å²) in [5.74, 6) is 0.232. The van der Waals surface area contributed by atoms with Crippen molar-refractivity contribution in [3.8, 4) is 0 Å². The number of hydrogen-bond acceptors (Lipinski definition) is 3. The van der Waals surface area contributed by atoms with Gasteiger partial charge in [-0.3, -0.25) is 15.2 Å². The van der Waals surface area contributed by atoms with Crippen molar-refractivity contribution in [1.82, 2.24) is 5.32 Å². The monoisotopic (exact) mass is 323 g/mol. The van der Waals surface area contributed by atoms with Gasteiger partial charge in [0.25, 0.3) is 0 Å². The third-order valence-corrected chi connectivity index (χ3v) is 3.72. The number of amides is 2. The van der Waals surface area contributed by atoms with Crippen molar-refractivity contribution < 1.29 is 9.90 Å². The van der Waals surface area contributed by atoms with E-state index in [1.54, 1.807) is 24.3 Å². The second-order valence-corrected chi connectivity index (χ2v) is 6.77. The molecule has 2 amide bonds. The fraction of sp³-hybridized carbons (Fsp3) is 0.263. The van der Waals surface area contributed by atoms with Crippen molar-refractivity contribution in [1.29, 1.82) is 0 Å². The number of nitrogens with one attached hydrogen (secondary N) is 1. The van der Waals surface area contributed by atoms with Gasteiger partial charge in [-0.1, -0.05) is 48.5 Å². The van der Waals surface area contributed by atoms with Crippen molar-refractivity contribution in [3.05, 3.63) is 66.2 Å². The Hall–Kier alpha value is -2.66. The minimum Gasteiger partial charge on any atom is -0.360 e. The van der Waals surface area contributed by atoms with Crippen molar-refractivity contribution in [2.45, 2.75) is 32.0 Å². The van der Waals surface area contributed by atoms with E-state index in [4.69, 9.17) is 0 Å². The Kier molecular flexibility index (Phi) is 3.89. The number of aliphatic imine (C=N–C) groups is 1. The van der Waals surface area contributed by atoms with E-state index >= 15 is 0 Å². The van der Waals surface area contributed by atoms with Crippen LogP contribution in [0.25, 0.3) is 0 Å². The summed E-state index contributed by atoms with van der Waals surface area (Å²) >= 11 is 0. The first-order chi connectivity index (χ1) is 11.3. The summed E-state index contributed by atoms with van der Waals surface area (Å²) in [4.78, 5) is 18.5. The zero-order valence-corrected chi connectivity index (χ0v) is 14.0. The van der Waals surface area contributed by atoms with Crippen LogP contribution in [0.1, 0.15) is 26.3 Å². The first-order valence-corrected chi connectivity index (χ1v) is 7.87. The van der Waals surface area contributed by atoms with Gasteiger partial charge in [0.2, 0.25) is 5.72 Å². The van der Waals surface area contributed by atoms with E-state index in [9.17, 15) is 9.90 Å². The second kappa shape index (κ2) is 5.76. The van der Waals surface area contributed by atoms with Gasteiger partial charge >= 0.3 is 6.03 Å². The molecule has 1 fully saturated rings. The van der Waals surface area contributed by atoms with Gasteiger partial charge in [-0.05, 0) is 32.9 Å². The summed E-state index contributed by atoms with van der Waals surface area (Å²) in [7, 11) is 0. The number of anilines is 1. The molecule has 0 bridgehead atoms. The maximum absolute atomic E-state index is 12.6. The first-order valence-electron chi connectivity index (χ1n) is 7.87. The lowest BCUT2D eigenvalue weighted by Crippen LogP contribution is -2.47. The lowest BCUT2D eigenvalue weighted by Gasteiger charge is -2.33. The quantitative estimate of drug-likeness (QED) is 0.891. The van der Waals surface area contributed by atoms with Gasteiger partial charge in [0, 0.05) is 11.3 Å². The third kappa shape index (κ3) is 2.78. The van der Waals surface area contributed by atoms with Crippen molar-refractivity contribution in [2.24, 2.45) is 4.99 Å². The molecular weight excluding hydrogens is 302 g/mol. The van der Waals surface area contributed by atoms with E-state index in [1.807, 2.05) is 57.2 Å². The average Bonchev–Trinajstić information content (AvgIpc) is 2.79. The van der Waals surface area contributed by atoms with Crippen molar-refractivity contribution >= 4 is 17.6 Å². The van der Waals surface area contributed by atoms with Crippen LogP contribution in [-0.4, -0.2) is 22.5 Å². The molecule has 5 heteroatoms. The summed E-state index contributed by atoms with van der Waals surface area (Å²) in [6.07, 6.45) is 0. The number of hydrogen-bond donors (Lipinski definition) is 2. The Balaban J connectivity index is 2.22. The molecule has 0 spiro atoms. The lowest BCUT2D eigenvalue weighted by molar-refractivity contribution is 0.119. The average molecular weight is 323 g/mol. The van der Waals surface area contributed by atoms with Crippen LogP contribution in [0.5, 0.6) is 0 Å². The SMILES string of the molecule is CC(C)(C)N=C1NC(=O)N(c2ccccc2)C1(O)c1ccccc1. The number of para-hydroxylation sites is 1. The minimum atomic E-state index is -1.67. The maximum Gasteiger partial charge on any atom is 0.330 e. The van der Waals surface area contributed by atoms with Gasteiger partial charge in [0.1, 0.15) is 0 Å². The van der Waals surface area contributed by atoms with Gasteiger partial charge in [-0.2, -0.15) is 0 Å². The maximum atomic E-state index is 12.6. The highest BCUT2D eigenvalue weighted by molar-refractivity contribution is 6.18. The molecule has 1 saturated heterocycles. The van der Waals surface area contributed by atoms with Crippen molar-refractivity contribution in [3.63, 3.8) is 0 Å². The highest BCUT2D eigenvalue weighted by Gasteiger charge is 2.52.